The molecule has 32 heavy (non-hydrogen) atoms. The SMILES string of the molecule is Cc1c(N2CCC(Oc3ccc4c(c3)COC4)CC2)nc2c(c1C)C(=O)N(CC(N)=O)C2. The monoisotopic (exact) mass is 436 g/mol. The van der Waals surface area contributed by atoms with E-state index in [0.29, 0.717) is 25.3 Å². The Balaban J connectivity index is 1.28. The zero-order chi connectivity index (χ0) is 22.4. The molecular formula is C24H28N4O4. The molecule has 4 heterocycles. The van der Waals surface area contributed by atoms with Crippen molar-refractivity contribution in [2.24, 2.45) is 5.73 Å². The molecule has 1 saturated heterocycles. The zero-order valence-electron chi connectivity index (χ0n) is 18.5. The van der Waals surface area contributed by atoms with E-state index in [1.807, 2.05) is 19.9 Å². The number of pyridine rings is 1. The van der Waals surface area contributed by atoms with Crippen LogP contribution in [0.25, 0.3) is 0 Å². The van der Waals surface area contributed by atoms with E-state index in [1.165, 1.54) is 16.0 Å². The van der Waals surface area contributed by atoms with Gasteiger partial charge in [0.15, 0.2) is 0 Å². The van der Waals surface area contributed by atoms with Gasteiger partial charge in [0.25, 0.3) is 5.91 Å². The summed E-state index contributed by atoms with van der Waals surface area (Å²) in [5.74, 6) is 1.15. The summed E-state index contributed by atoms with van der Waals surface area (Å²) < 4.78 is 11.8. The number of carbonyl (C=O) groups is 2. The maximum absolute atomic E-state index is 12.7. The smallest absolute Gasteiger partial charge is 0.256 e. The minimum atomic E-state index is -0.515. The van der Waals surface area contributed by atoms with Crippen LogP contribution in [-0.4, -0.2) is 47.4 Å². The first-order valence-electron chi connectivity index (χ1n) is 11.1. The predicted molar refractivity (Wildman–Crippen MR) is 118 cm³/mol. The quantitative estimate of drug-likeness (QED) is 0.772. The van der Waals surface area contributed by atoms with Crippen LogP contribution in [0.3, 0.4) is 0 Å². The van der Waals surface area contributed by atoms with Gasteiger partial charge in [0.05, 0.1) is 31.0 Å². The van der Waals surface area contributed by atoms with E-state index < -0.39 is 5.91 Å². The molecule has 5 rings (SSSR count). The molecule has 3 aliphatic rings. The third-order valence-corrected chi connectivity index (χ3v) is 6.73. The van der Waals surface area contributed by atoms with Crippen molar-refractivity contribution in [2.75, 3.05) is 24.5 Å². The summed E-state index contributed by atoms with van der Waals surface area (Å²) in [6.07, 6.45) is 1.96. The number of anilines is 1. The fraction of sp³-hybridized carbons (Fsp3) is 0.458. The van der Waals surface area contributed by atoms with Gasteiger partial charge in [0.2, 0.25) is 5.91 Å². The van der Waals surface area contributed by atoms with Crippen molar-refractivity contribution in [2.45, 2.75) is 52.6 Å². The minimum absolute atomic E-state index is 0.0828. The van der Waals surface area contributed by atoms with Crippen LogP contribution in [-0.2, 0) is 29.3 Å². The average molecular weight is 437 g/mol. The van der Waals surface area contributed by atoms with Crippen LogP contribution >= 0.6 is 0 Å². The molecule has 0 saturated carbocycles. The molecule has 1 fully saturated rings. The van der Waals surface area contributed by atoms with Gasteiger partial charge in [-0.15, -0.1) is 0 Å². The van der Waals surface area contributed by atoms with E-state index in [4.69, 9.17) is 20.2 Å². The van der Waals surface area contributed by atoms with Gasteiger partial charge in [-0.05, 0) is 48.2 Å². The molecule has 0 spiro atoms. The lowest BCUT2D eigenvalue weighted by Crippen LogP contribution is -2.39. The first-order chi connectivity index (χ1) is 15.4. The van der Waals surface area contributed by atoms with E-state index >= 15 is 0 Å². The number of hydrogen-bond acceptors (Lipinski definition) is 6. The summed E-state index contributed by atoms with van der Waals surface area (Å²) >= 11 is 0. The van der Waals surface area contributed by atoms with Crippen LogP contribution in [0.1, 0.15) is 51.1 Å². The molecule has 8 nitrogen and oxygen atoms in total. The van der Waals surface area contributed by atoms with Crippen molar-refractivity contribution in [1.29, 1.82) is 0 Å². The normalized spacial score (nSPS) is 18.1. The Morgan fingerprint density at radius 3 is 2.69 bits per heavy atom. The van der Waals surface area contributed by atoms with Crippen molar-refractivity contribution < 1.29 is 19.1 Å². The molecule has 168 valence electrons. The maximum atomic E-state index is 12.7. The Labute approximate surface area is 187 Å². The van der Waals surface area contributed by atoms with Crippen LogP contribution in [0, 0.1) is 13.8 Å². The highest BCUT2D eigenvalue weighted by molar-refractivity contribution is 6.01. The van der Waals surface area contributed by atoms with Crippen molar-refractivity contribution in [3.8, 4) is 5.75 Å². The number of fused-ring (bicyclic) bond motifs is 2. The number of nitrogens with two attached hydrogens (primary N) is 1. The molecule has 0 bridgehead atoms. The average Bonchev–Trinajstić information content (AvgIpc) is 3.35. The van der Waals surface area contributed by atoms with Crippen molar-refractivity contribution in [3.63, 3.8) is 0 Å². The Bertz CT molecular complexity index is 1090. The second kappa shape index (κ2) is 8.09. The number of ether oxygens (including phenoxy) is 2. The third kappa shape index (κ3) is 3.68. The van der Waals surface area contributed by atoms with Crippen LogP contribution in [0.4, 0.5) is 5.82 Å². The first-order valence-corrected chi connectivity index (χ1v) is 11.1. The molecule has 2 amide bonds. The van der Waals surface area contributed by atoms with Crippen molar-refractivity contribution in [1.82, 2.24) is 9.88 Å². The Hall–Kier alpha value is -3.13. The second-order valence-corrected chi connectivity index (χ2v) is 8.86. The number of carbonyl (C=O) groups excluding carboxylic acids is 2. The predicted octanol–water partition coefficient (Wildman–Crippen LogP) is 2.22. The first kappa shape index (κ1) is 20.8. The van der Waals surface area contributed by atoms with E-state index in [9.17, 15) is 9.59 Å². The van der Waals surface area contributed by atoms with Gasteiger partial charge in [0.1, 0.15) is 24.2 Å². The highest BCUT2D eigenvalue weighted by Crippen LogP contribution is 2.33. The molecule has 1 aromatic carbocycles. The van der Waals surface area contributed by atoms with E-state index in [0.717, 1.165) is 54.3 Å². The van der Waals surface area contributed by atoms with Crippen LogP contribution < -0.4 is 15.4 Å². The van der Waals surface area contributed by atoms with Gasteiger partial charge in [-0.2, -0.15) is 0 Å². The number of benzene rings is 1. The maximum Gasteiger partial charge on any atom is 0.256 e. The standard InChI is InChI=1S/C24H28N4O4/c1-14-15(2)23(26-20-10-28(11-21(25)29)24(30)22(14)20)27-7-5-18(6-8-27)32-19-4-3-16-12-31-13-17(16)9-19/h3-4,9,18H,5-8,10-13H2,1-2H3,(H2,25,29). The Morgan fingerprint density at radius 2 is 1.94 bits per heavy atom. The molecule has 0 radical (unpaired) electrons. The fourth-order valence-corrected chi connectivity index (χ4v) is 4.87. The van der Waals surface area contributed by atoms with Gasteiger partial charge in [0, 0.05) is 25.9 Å². The van der Waals surface area contributed by atoms with Gasteiger partial charge in [-0.1, -0.05) is 6.07 Å². The van der Waals surface area contributed by atoms with Crippen LogP contribution in [0.5, 0.6) is 5.75 Å². The molecule has 0 aliphatic carbocycles. The lowest BCUT2D eigenvalue weighted by Gasteiger charge is -2.34. The van der Waals surface area contributed by atoms with Crippen molar-refractivity contribution >= 4 is 17.6 Å². The molecular weight excluding hydrogens is 408 g/mol. The van der Waals surface area contributed by atoms with Gasteiger partial charge in [-0.3, -0.25) is 9.59 Å². The van der Waals surface area contributed by atoms with E-state index in [-0.39, 0.29) is 18.6 Å². The summed E-state index contributed by atoms with van der Waals surface area (Å²) in [6, 6.07) is 6.22. The number of rotatable bonds is 5. The number of amides is 2. The highest BCUT2D eigenvalue weighted by Gasteiger charge is 2.34. The number of aromatic nitrogens is 1. The zero-order valence-corrected chi connectivity index (χ0v) is 18.5. The molecule has 0 unspecified atom stereocenters. The van der Waals surface area contributed by atoms with Gasteiger partial charge < -0.3 is 25.0 Å². The van der Waals surface area contributed by atoms with E-state index in [2.05, 4.69) is 17.0 Å². The molecule has 0 atom stereocenters. The Morgan fingerprint density at radius 1 is 1.19 bits per heavy atom. The summed E-state index contributed by atoms with van der Waals surface area (Å²) in [6.45, 7) is 7.23. The number of hydrogen-bond donors (Lipinski definition) is 1. The largest absolute Gasteiger partial charge is 0.490 e. The molecule has 2 N–H and O–H groups in total. The fourth-order valence-electron chi connectivity index (χ4n) is 4.87. The number of nitrogens with zero attached hydrogens (tertiary/aromatic N) is 3. The summed E-state index contributed by atoms with van der Waals surface area (Å²) in [4.78, 5) is 32.6. The second-order valence-electron chi connectivity index (χ2n) is 8.86. The van der Waals surface area contributed by atoms with Gasteiger partial charge >= 0.3 is 0 Å². The Kier molecular flexibility index (Phi) is 5.25. The lowest BCUT2D eigenvalue weighted by molar-refractivity contribution is -0.118. The molecule has 8 heteroatoms. The molecule has 2 aromatic rings. The molecule has 1 aromatic heterocycles. The lowest BCUT2D eigenvalue weighted by atomic mass is 10.0. The number of piperidine rings is 1. The van der Waals surface area contributed by atoms with Crippen molar-refractivity contribution in [3.05, 3.63) is 51.7 Å². The third-order valence-electron chi connectivity index (χ3n) is 6.73. The topological polar surface area (TPSA) is 98.0 Å². The highest BCUT2D eigenvalue weighted by atomic mass is 16.5. The molecule has 3 aliphatic heterocycles. The summed E-state index contributed by atoms with van der Waals surface area (Å²) in [5.41, 5.74) is 11.0. The van der Waals surface area contributed by atoms with Gasteiger partial charge in [-0.25, -0.2) is 4.98 Å². The van der Waals surface area contributed by atoms with E-state index in [1.54, 1.807) is 0 Å². The van der Waals surface area contributed by atoms with Crippen LogP contribution in [0.2, 0.25) is 0 Å². The minimum Gasteiger partial charge on any atom is -0.490 e. The number of primary amides is 1. The summed E-state index contributed by atoms with van der Waals surface area (Å²) in [7, 11) is 0. The van der Waals surface area contributed by atoms with Crippen LogP contribution in [0.15, 0.2) is 18.2 Å². The summed E-state index contributed by atoms with van der Waals surface area (Å²) in [5, 5.41) is 0.